The van der Waals surface area contributed by atoms with Crippen molar-refractivity contribution in [2.45, 2.75) is 53.1 Å². The second-order valence-corrected chi connectivity index (χ2v) is 4.77. The fraction of sp³-hybridized carbons (Fsp3) is 1.00. The molecule has 76 valence electrons. The van der Waals surface area contributed by atoms with E-state index < -0.39 is 0 Å². The second-order valence-electron chi connectivity index (χ2n) is 4.77. The van der Waals surface area contributed by atoms with Crippen LogP contribution in [0.3, 0.4) is 0 Å². The van der Waals surface area contributed by atoms with Crippen molar-refractivity contribution >= 4 is 7.05 Å². The third-order valence-electron chi connectivity index (χ3n) is 3.04. The van der Waals surface area contributed by atoms with Crippen LogP contribution in [0.25, 0.3) is 0 Å². The van der Waals surface area contributed by atoms with E-state index in [1.807, 2.05) is 0 Å². The summed E-state index contributed by atoms with van der Waals surface area (Å²) in [6, 6.07) is 0.576. The Kier molecular flexibility index (Phi) is 3.80. The Morgan fingerprint density at radius 1 is 1.31 bits per heavy atom. The van der Waals surface area contributed by atoms with E-state index >= 15 is 0 Å². The van der Waals surface area contributed by atoms with Gasteiger partial charge in [-0.05, 0) is 25.1 Å². The summed E-state index contributed by atoms with van der Waals surface area (Å²) in [4.78, 5) is 0. The molecule has 0 aromatic rings. The molecule has 1 saturated heterocycles. The van der Waals surface area contributed by atoms with Crippen molar-refractivity contribution in [3.8, 4) is 0 Å². The van der Waals surface area contributed by atoms with Gasteiger partial charge in [-0.2, -0.15) is 0 Å². The van der Waals surface area contributed by atoms with Crippen LogP contribution >= 0.6 is 0 Å². The van der Waals surface area contributed by atoms with Gasteiger partial charge in [0.2, 0.25) is 0 Å². The van der Waals surface area contributed by atoms with Gasteiger partial charge in [-0.25, -0.2) is 0 Å². The van der Waals surface area contributed by atoms with Gasteiger partial charge in [-0.15, -0.1) is 0 Å². The van der Waals surface area contributed by atoms with E-state index in [0.29, 0.717) is 24.0 Å². The highest BCUT2D eigenvalue weighted by molar-refractivity contribution is 6.49. The van der Waals surface area contributed by atoms with E-state index in [2.05, 4.69) is 39.8 Å². The SMILES string of the molecule is CC(C)CB1NC(C)C(C)C(C)O1. The highest BCUT2D eigenvalue weighted by atomic mass is 16.5. The van der Waals surface area contributed by atoms with Crippen molar-refractivity contribution in [1.29, 1.82) is 0 Å². The zero-order valence-electron chi connectivity index (χ0n) is 9.50. The van der Waals surface area contributed by atoms with Crippen molar-refractivity contribution in [3.05, 3.63) is 0 Å². The standard InChI is InChI=1S/C10H22BNO/c1-7(2)6-11-12-9(4)8(3)10(5)13-11/h7-10,12H,6H2,1-5H3. The zero-order valence-corrected chi connectivity index (χ0v) is 9.50. The van der Waals surface area contributed by atoms with Crippen LogP contribution in [-0.2, 0) is 4.65 Å². The van der Waals surface area contributed by atoms with Crippen LogP contribution in [0, 0.1) is 11.8 Å². The Balaban J connectivity index is 2.44. The molecule has 0 bridgehead atoms. The predicted molar refractivity (Wildman–Crippen MR) is 57.7 cm³/mol. The molecule has 0 saturated carbocycles. The molecule has 3 atom stereocenters. The minimum Gasteiger partial charge on any atom is -0.419 e. The van der Waals surface area contributed by atoms with Crippen LogP contribution < -0.4 is 5.23 Å². The molecule has 0 amide bonds. The highest BCUT2D eigenvalue weighted by Gasteiger charge is 2.33. The van der Waals surface area contributed by atoms with Crippen LogP contribution in [0.4, 0.5) is 0 Å². The lowest BCUT2D eigenvalue weighted by molar-refractivity contribution is 0.105. The summed E-state index contributed by atoms with van der Waals surface area (Å²) >= 11 is 0. The Bertz CT molecular complexity index is 151. The maximum absolute atomic E-state index is 5.87. The topological polar surface area (TPSA) is 21.3 Å². The minimum atomic E-state index is 0.265. The second kappa shape index (κ2) is 4.47. The Morgan fingerprint density at radius 2 is 1.92 bits per heavy atom. The molecule has 1 N–H and O–H groups in total. The van der Waals surface area contributed by atoms with Crippen LogP contribution in [0.5, 0.6) is 0 Å². The van der Waals surface area contributed by atoms with Crippen molar-refractivity contribution in [3.63, 3.8) is 0 Å². The molecule has 1 rings (SSSR count). The van der Waals surface area contributed by atoms with Gasteiger partial charge in [0, 0.05) is 12.1 Å². The van der Waals surface area contributed by atoms with E-state index in [-0.39, 0.29) is 7.05 Å². The normalized spacial score (nSPS) is 35.5. The highest BCUT2D eigenvalue weighted by Crippen LogP contribution is 2.20. The molecular formula is C10H22BNO. The third kappa shape index (κ3) is 2.99. The third-order valence-corrected chi connectivity index (χ3v) is 3.04. The van der Waals surface area contributed by atoms with Gasteiger partial charge in [0.1, 0.15) is 0 Å². The first kappa shape index (κ1) is 11.1. The number of nitrogens with one attached hydrogen (secondary N) is 1. The average Bonchev–Trinajstić information content (AvgIpc) is 1.98. The summed E-state index contributed by atoms with van der Waals surface area (Å²) in [5.74, 6) is 1.31. The van der Waals surface area contributed by atoms with Gasteiger partial charge < -0.3 is 9.88 Å². The van der Waals surface area contributed by atoms with E-state index in [9.17, 15) is 0 Å². The molecule has 1 fully saturated rings. The lowest BCUT2D eigenvalue weighted by atomic mass is 9.69. The van der Waals surface area contributed by atoms with Crippen LogP contribution in [0.1, 0.15) is 34.6 Å². The van der Waals surface area contributed by atoms with Gasteiger partial charge in [0.15, 0.2) is 0 Å². The van der Waals surface area contributed by atoms with E-state index in [1.54, 1.807) is 0 Å². The average molecular weight is 183 g/mol. The molecule has 0 aromatic carbocycles. The first-order chi connectivity index (χ1) is 6.00. The summed E-state index contributed by atoms with van der Waals surface area (Å²) in [5, 5.41) is 3.51. The largest absolute Gasteiger partial charge is 0.419 e. The quantitative estimate of drug-likeness (QED) is 0.662. The van der Waals surface area contributed by atoms with Gasteiger partial charge >= 0.3 is 7.05 Å². The summed E-state index contributed by atoms with van der Waals surface area (Å²) in [6.07, 6.45) is 1.50. The summed E-state index contributed by atoms with van der Waals surface area (Å²) in [5.41, 5.74) is 0. The molecule has 0 spiro atoms. The number of hydrogen-bond acceptors (Lipinski definition) is 2. The molecule has 13 heavy (non-hydrogen) atoms. The van der Waals surface area contributed by atoms with Crippen LogP contribution in [0.2, 0.25) is 6.32 Å². The van der Waals surface area contributed by atoms with Crippen molar-refractivity contribution in [2.24, 2.45) is 11.8 Å². The van der Waals surface area contributed by atoms with Gasteiger partial charge in [0.05, 0.1) is 0 Å². The van der Waals surface area contributed by atoms with Gasteiger partial charge in [-0.3, -0.25) is 0 Å². The molecule has 2 nitrogen and oxygen atoms in total. The zero-order chi connectivity index (χ0) is 10.0. The maximum atomic E-state index is 5.87. The smallest absolute Gasteiger partial charge is 0.380 e. The van der Waals surface area contributed by atoms with E-state index in [1.165, 1.54) is 0 Å². The molecule has 3 unspecified atom stereocenters. The summed E-state index contributed by atoms with van der Waals surface area (Å²) in [6.45, 7) is 11.1. The number of rotatable bonds is 2. The molecule has 3 heteroatoms. The molecule has 0 aliphatic carbocycles. The van der Waals surface area contributed by atoms with Crippen molar-refractivity contribution < 1.29 is 4.65 Å². The summed E-state index contributed by atoms with van der Waals surface area (Å²) < 4.78 is 5.87. The predicted octanol–water partition coefficient (Wildman–Crippen LogP) is 2.16. The molecule has 1 aliphatic rings. The summed E-state index contributed by atoms with van der Waals surface area (Å²) in [7, 11) is 0.265. The minimum absolute atomic E-state index is 0.265. The fourth-order valence-corrected chi connectivity index (χ4v) is 1.83. The van der Waals surface area contributed by atoms with Crippen molar-refractivity contribution in [1.82, 2.24) is 5.23 Å². The molecule has 0 radical (unpaired) electrons. The van der Waals surface area contributed by atoms with Crippen LogP contribution in [0.15, 0.2) is 0 Å². The Hall–Kier alpha value is -0.0151. The monoisotopic (exact) mass is 183 g/mol. The molecule has 1 heterocycles. The van der Waals surface area contributed by atoms with Gasteiger partial charge in [0.25, 0.3) is 0 Å². The van der Waals surface area contributed by atoms with Crippen molar-refractivity contribution in [2.75, 3.05) is 0 Å². The first-order valence-electron chi connectivity index (χ1n) is 5.42. The van der Waals surface area contributed by atoms with E-state index in [0.717, 1.165) is 6.32 Å². The lowest BCUT2D eigenvalue weighted by Crippen LogP contribution is -2.55. The number of hydrogen-bond donors (Lipinski definition) is 1. The fourth-order valence-electron chi connectivity index (χ4n) is 1.83. The maximum Gasteiger partial charge on any atom is 0.380 e. The van der Waals surface area contributed by atoms with Crippen LogP contribution in [-0.4, -0.2) is 19.2 Å². The molecule has 1 aliphatic heterocycles. The Labute approximate surface area is 82.6 Å². The lowest BCUT2D eigenvalue weighted by Gasteiger charge is -2.37. The Morgan fingerprint density at radius 3 is 2.38 bits per heavy atom. The molecular weight excluding hydrogens is 161 g/mol. The molecule has 0 aromatic heterocycles. The first-order valence-corrected chi connectivity index (χ1v) is 5.42. The van der Waals surface area contributed by atoms with E-state index in [4.69, 9.17) is 4.65 Å². The van der Waals surface area contributed by atoms with Gasteiger partial charge in [-0.1, -0.05) is 27.7 Å².